The van der Waals surface area contributed by atoms with Crippen LogP contribution in [0.25, 0.3) is 0 Å². The van der Waals surface area contributed by atoms with E-state index in [9.17, 15) is 8.42 Å². The number of hydrogen-bond acceptors (Lipinski definition) is 3. The van der Waals surface area contributed by atoms with Crippen LogP contribution >= 0.6 is 0 Å². The molecule has 0 aliphatic carbocycles. The quantitative estimate of drug-likeness (QED) is 0.916. The van der Waals surface area contributed by atoms with Crippen LogP contribution < -0.4 is 5.32 Å². The number of hydrogen-bond donors (Lipinski definition) is 1. The molecule has 1 aromatic carbocycles. The third-order valence-electron chi connectivity index (χ3n) is 3.70. The van der Waals surface area contributed by atoms with Gasteiger partial charge in [-0.05, 0) is 11.5 Å². The maximum atomic E-state index is 12.0. The van der Waals surface area contributed by atoms with Crippen molar-refractivity contribution < 1.29 is 8.42 Å². The fourth-order valence-electron chi connectivity index (χ4n) is 2.60. The Labute approximate surface area is 115 Å². The van der Waals surface area contributed by atoms with E-state index < -0.39 is 10.0 Å². The lowest BCUT2D eigenvalue weighted by atomic mass is 9.98. The van der Waals surface area contributed by atoms with Gasteiger partial charge in [0.05, 0.1) is 6.26 Å². The van der Waals surface area contributed by atoms with Crippen molar-refractivity contribution in [2.75, 3.05) is 19.3 Å². The standard InChI is InChI=1S/C14H22N2O2S/c1-11(2)14-9-15-13(10-16(14)19(3,17)18)12-7-5-4-6-8-12/h4-8,11,13-15H,9-10H2,1-3H3. The van der Waals surface area contributed by atoms with Crippen LogP contribution in [0.15, 0.2) is 30.3 Å². The Hall–Kier alpha value is -0.910. The third-order valence-corrected chi connectivity index (χ3v) is 4.98. The molecule has 4 nitrogen and oxygen atoms in total. The molecule has 106 valence electrons. The maximum absolute atomic E-state index is 12.0. The van der Waals surface area contributed by atoms with Crippen LogP contribution in [-0.2, 0) is 10.0 Å². The average Bonchev–Trinajstić information content (AvgIpc) is 2.38. The molecular weight excluding hydrogens is 260 g/mol. The second-order valence-corrected chi connectivity index (χ2v) is 7.45. The summed E-state index contributed by atoms with van der Waals surface area (Å²) in [7, 11) is -3.17. The predicted molar refractivity (Wildman–Crippen MR) is 77.4 cm³/mol. The molecule has 19 heavy (non-hydrogen) atoms. The van der Waals surface area contributed by atoms with Crippen molar-refractivity contribution in [2.24, 2.45) is 5.92 Å². The normalized spacial score (nSPS) is 25.7. The lowest BCUT2D eigenvalue weighted by Gasteiger charge is -2.40. The molecule has 2 unspecified atom stereocenters. The van der Waals surface area contributed by atoms with Gasteiger partial charge in [-0.2, -0.15) is 4.31 Å². The Kier molecular flexibility index (Phi) is 4.28. The lowest BCUT2D eigenvalue weighted by Crippen LogP contribution is -2.56. The highest BCUT2D eigenvalue weighted by Crippen LogP contribution is 2.25. The maximum Gasteiger partial charge on any atom is 0.211 e. The van der Waals surface area contributed by atoms with Gasteiger partial charge >= 0.3 is 0 Å². The summed E-state index contributed by atoms with van der Waals surface area (Å²) in [5.74, 6) is 0.305. The number of sulfonamides is 1. The van der Waals surface area contributed by atoms with Crippen molar-refractivity contribution in [2.45, 2.75) is 25.9 Å². The molecule has 1 fully saturated rings. The van der Waals surface area contributed by atoms with Gasteiger partial charge in [-0.25, -0.2) is 8.42 Å². The first-order valence-corrected chi connectivity index (χ1v) is 8.49. The minimum absolute atomic E-state index is 0.0370. The summed E-state index contributed by atoms with van der Waals surface area (Å²) in [6, 6.07) is 10.1. The lowest BCUT2D eigenvalue weighted by molar-refractivity contribution is 0.184. The summed E-state index contributed by atoms with van der Waals surface area (Å²) < 4.78 is 25.6. The van der Waals surface area contributed by atoms with E-state index in [0.717, 1.165) is 5.56 Å². The van der Waals surface area contributed by atoms with E-state index in [1.165, 1.54) is 6.26 Å². The molecule has 1 heterocycles. The molecule has 5 heteroatoms. The van der Waals surface area contributed by atoms with Gasteiger partial charge in [0.25, 0.3) is 0 Å². The van der Waals surface area contributed by atoms with Crippen molar-refractivity contribution in [3.63, 3.8) is 0 Å². The molecule has 1 N–H and O–H groups in total. The first-order chi connectivity index (χ1) is 8.89. The van der Waals surface area contributed by atoms with Gasteiger partial charge in [0.15, 0.2) is 0 Å². The fraction of sp³-hybridized carbons (Fsp3) is 0.571. The molecule has 1 aliphatic heterocycles. The summed E-state index contributed by atoms with van der Waals surface area (Å²) in [6.07, 6.45) is 1.30. The minimum atomic E-state index is -3.17. The number of piperazine rings is 1. The van der Waals surface area contributed by atoms with Gasteiger partial charge in [0, 0.05) is 25.2 Å². The average molecular weight is 282 g/mol. The first-order valence-electron chi connectivity index (χ1n) is 6.64. The fourth-order valence-corrected chi connectivity index (χ4v) is 3.83. The van der Waals surface area contributed by atoms with E-state index in [4.69, 9.17) is 0 Å². The highest BCUT2D eigenvalue weighted by atomic mass is 32.2. The van der Waals surface area contributed by atoms with E-state index >= 15 is 0 Å². The van der Waals surface area contributed by atoms with Crippen LogP contribution in [0.1, 0.15) is 25.5 Å². The van der Waals surface area contributed by atoms with Gasteiger partial charge in [0.1, 0.15) is 0 Å². The molecule has 0 radical (unpaired) electrons. The van der Waals surface area contributed by atoms with Gasteiger partial charge in [-0.1, -0.05) is 44.2 Å². The molecular formula is C14H22N2O2S. The molecule has 2 atom stereocenters. The highest BCUT2D eigenvalue weighted by molar-refractivity contribution is 7.88. The number of nitrogens with one attached hydrogen (secondary N) is 1. The van der Waals surface area contributed by atoms with Crippen molar-refractivity contribution in [3.8, 4) is 0 Å². The van der Waals surface area contributed by atoms with Crippen molar-refractivity contribution in [1.29, 1.82) is 0 Å². The Morgan fingerprint density at radius 2 is 1.89 bits per heavy atom. The molecule has 0 saturated carbocycles. The van der Waals surface area contributed by atoms with E-state index in [1.54, 1.807) is 4.31 Å². The van der Waals surface area contributed by atoms with Crippen LogP contribution in [-0.4, -0.2) is 38.1 Å². The topological polar surface area (TPSA) is 49.4 Å². The SMILES string of the molecule is CC(C)C1CNC(c2ccccc2)CN1S(C)(=O)=O. The summed E-state index contributed by atoms with van der Waals surface area (Å²) in [5, 5.41) is 3.46. The van der Waals surface area contributed by atoms with E-state index in [0.29, 0.717) is 19.0 Å². The van der Waals surface area contributed by atoms with Crippen LogP contribution in [0.2, 0.25) is 0 Å². The molecule has 0 aromatic heterocycles. The summed E-state index contributed by atoms with van der Waals surface area (Å²) in [5.41, 5.74) is 1.14. The number of rotatable bonds is 3. The third kappa shape index (κ3) is 3.35. The molecule has 1 aromatic rings. The van der Waals surface area contributed by atoms with Crippen molar-refractivity contribution >= 4 is 10.0 Å². The zero-order valence-electron chi connectivity index (χ0n) is 11.7. The molecule has 2 rings (SSSR count). The second kappa shape index (κ2) is 5.61. The smallest absolute Gasteiger partial charge is 0.211 e. The van der Waals surface area contributed by atoms with Crippen LogP contribution in [0, 0.1) is 5.92 Å². The van der Waals surface area contributed by atoms with Crippen molar-refractivity contribution in [3.05, 3.63) is 35.9 Å². The monoisotopic (exact) mass is 282 g/mol. The molecule has 0 bridgehead atoms. The number of benzene rings is 1. The van der Waals surface area contributed by atoms with E-state index in [-0.39, 0.29) is 12.1 Å². The van der Waals surface area contributed by atoms with Gasteiger partial charge < -0.3 is 5.32 Å². The van der Waals surface area contributed by atoms with E-state index in [2.05, 4.69) is 19.2 Å². The summed E-state index contributed by atoms with van der Waals surface area (Å²) >= 11 is 0. The molecule has 0 amide bonds. The minimum Gasteiger partial charge on any atom is -0.307 e. The van der Waals surface area contributed by atoms with Crippen LogP contribution in [0.3, 0.4) is 0 Å². The Bertz CT molecular complexity index is 514. The number of nitrogens with zero attached hydrogens (tertiary/aromatic N) is 1. The summed E-state index contributed by atoms with van der Waals surface area (Å²) in [4.78, 5) is 0. The van der Waals surface area contributed by atoms with Gasteiger partial charge in [-0.15, -0.1) is 0 Å². The zero-order valence-corrected chi connectivity index (χ0v) is 12.5. The summed E-state index contributed by atoms with van der Waals surface area (Å²) in [6.45, 7) is 5.33. The van der Waals surface area contributed by atoms with Crippen molar-refractivity contribution in [1.82, 2.24) is 9.62 Å². The predicted octanol–water partition coefficient (Wildman–Crippen LogP) is 1.62. The first kappa shape index (κ1) is 14.5. The Balaban J connectivity index is 2.23. The second-order valence-electron chi connectivity index (χ2n) is 5.52. The van der Waals surface area contributed by atoms with Gasteiger partial charge in [-0.3, -0.25) is 0 Å². The molecule has 1 aliphatic rings. The molecule has 0 spiro atoms. The van der Waals surface area contributed by atoms with Crippen LogP contribution in [0.4, 0.5) is 0 Å². The van der Waals surface area contributed by atoms with E-state index in [1.807, 2.05) is 30.3 Å². The highest BCUT2D eigenvalue weighted by Gasteiger charge is 2.35. The zero-order chi connectivity index (χ0) is 14.0. The Morgan fingerprint density at radius 3 is 2.42 bits per heavy atom. The Morgan fingerprint density at radius 1 is 1.26 bits per heavy atom. The largest absolute Gasteiger partial charge is 0.307 e. The molecule has 1 saturated heterocycles. The van der Waals surface area contributed by atoms with Gasteiger partial charge in [0.2, 0.25) is 10.0 Å². The van der Waals surface area contributed by atoms with Crippen LogP contribution in [0.5, 0.6) is 0 Å².